The van der Waals surface area contributed by atoms with Crippen LogP contribution >= 0.6 is 11.3 Å². The minimum absolute atomic E-state index is 0.622. The minimum Gasteiger partial charge on any atom is -0.478 e. The van der Waals surface area contributed by atoms with Gasteiger partial charge in [0.05, 0.1) is 5.69 Å². The normalized spacial score (nSPS) is 11.1. The molecule has 0 amide bonds. The SMILES string of the molecule is Cc1ccc(-c2nc(/C=C/C(=O)O)cs2)o1. The number of thiazole rings is 1. The molecule has 0 aliphatic carbocycles. The van der Waals surface area contributed by atoms with Crippen molar-refractivity contribution in [3.8, 4) is 10.8 Å². The predicted molar refractivity (Wildman–Crippen MR) is 61.2 cm³/mol. The highest BCUT2D eigenvalue weighted by Crippen LogP contribution is 2.25. The highest BCUT2D eigenvalue weighted by atomic mass is 32.1. The molecule has 0 aromatic carbocycles. The Balaban J connectivity index is 2.23. The summed E-state index contributed by atoms with van der Waals surface area (Å²) in [6.45, 7) is 1.86. The lowest BCUT2D eigenvalue weighted by atomic mass is 10.4. The van der Waals surface area contributed by atoms with E-state index in [0.29, 0.717) is 11.5 Å². The minimum atomic E-state index is -0.983. The van der Waals surface area contributed by atoms with Gasteiger partial charge in [-0.3, -0.25) is 0 Å². The molecule has 0 aliphatic heterocycles. The lowest BCUT2D eigenvalue weighted by Gasteiger charge is -1.87. The third kappa shape index (κ3) is 2.38. The third-order valence-electron chi connectivity index (χ3n) is 1.87. The molecule has 1 N–H and O–H groups in total. The van der Waals surface area contributed by atoms with E-state index in [1.165, 1.54) is 17.4 Å². The number of aromatic nitrogens is 1. The van der Waals surface area contributed by atoms with Gasteiger partial charge in [-0.05, 0) is 25.1 Å². The Hall–Kier alpha value is -1.88. The first-order chi connectivity index (χ1) is 7.65. The van der Waals surface area contributed by atoms with Crippen LogP contribution in [0.1, 0.15) is 11.5 Å². The number of hydrogen-bond acceptors (Lipinski definition) is 4. The maximum atomic E-state index is 10.3. The molecule has 2 aromatic heterocycles. The number of rotatable bonds is 3. The molecule has 0 saturated heterocycles. The van der Waals surface area contributed by atoms with Gasteiger partial charge in [0.1, 0.15) is 5.76 Å². The molecule has 5 heteroatoms. The van der Waals surface area contributed by atoms with Gasteiger partial charge in [-0.25, -0.2) is 9.78 Å². The van der Waals surface area contributed by atoms with Gasteiger partial charge in [0, 0.05) is 11.5 Å². The summed E-state index contributed by atoms with van der Waals surface area (Å²) >= 11 is 1.42. The highest BCUT2D eigenvalue weighted by Gasteiger charge is 2.06. The van der Waals surface area contributed by atoms with Crippen LogP contribution in [0.25, 0.3) is 16.8 Å². The predicted octanol–water partition coefficient (Wildman–Crippen LogP) is 2.81. The van der Waals surface area contributed by atoms with Gasteiger partial charge in [-0.15, -0.1) is 11.3 Å². The Kier molecular flexibility index (Phi) is 2.87. The fourth-order valence-corrected chi connectivity index (χ4v) is 1.93. The molecule has 0 unspecified atom stereocenters. The second kappa shape index (κ2) is 4.32. The molecule has 0 aliphatic rings. The van der Waals surface area contributed by atoms with Crippen LogP contribution < -0.4 is 0 Å². The average molecular weight is 235 g/mol. The highest BCUT2D eigenvalue weighted by molar-refractivity contribution is 7.13. The summed E-state index contributed by atoms with van der Waals surface area (Å²) in [6.07, 6.45) is 2.52. The second-order valence-electron chi connectivity index (χ2n) is 3.16. The molecule has 0 bridgehead atoms. The number of aliphatic carboxylic acids is 1. The number of hydrogen-bond donors (Lipinski definition) is 1. The molecule has 0 fully saturated rings. The first-order valence-electron chi connectivity index (χ1n) is 4.58. The standard InChI is InChI=1S/C11H9NO3S/c1-7-2-4-9(15-7)11-12-8(6-16-11)3-5-10(13)14/h2-6H,1H3,(H,13,14)/b5-3+. The van der Waals surface area contributed by atoms with Gasteiger partial charge in [0.25, 0.3) is 0 Å². The maximum Gasteiger partial charge on any atom is 0.328 e. The number of nitrogens with zero attached hydrogens (tertiary/aromatic N) is 1. The van der Waals surface area contributed by atoms with Crippen LogP contribution in [0.2, 0.25) is 0 Å². The number of carboxylic acid groups (broad SMARTS) is 1. The first-order valence-corrected chi connectivity index (χ1v) is 5.46. The largest absolute Gasteiger partial charge is 0.478 e. The number of carbonyl (C=O) groups is 1. The van der Waals surface area contributed by atoms with Crippen molar-refractivity contribution in [1.29, 1.82) is 0 Å². The smallest absolute Gasteiger partial charge is 0.328 e. The Morgan fingerprint density at radius 1 is 1.56 bits per heavy atom. The fourth-order valence-electron chi connectivity index (χ4n) is 1.18. The van der Waals surface area contributed by atoms with Crippen molar-refractivity contribution >= 4 is 23.4 Å². The zero-order valence-electron chi connectivity index (χ0n) is 8.51. The first kappa shape index (κ1) is 10.6. The van der Waals surface area contributed by atoms with E-state index in [9.17, 15) is 4.79 Å². The molecular formula is C11H9NO3S. The van der Waals surface area contributed by atoms with Crippen LogP contribution in [-0.2, 0) is 4.79 Å². The Morgan fingerprint density at radius 2 is 2.38 bits per heavy atom. The Bertz CT molecular complexity index is 539. The average Bonchev–Trinajstić information content (AvgIpc) is 2.83. The molecule has 4 nitrogen and oxygen atoms in total. The summed E-state index contributed by atoms with van der Waals surface area (Å²) < 4.78 is 5.42. The van der Waals surface area contributed by atoms with Gasteiger partial charge in [0.15, 0.2) is 10.8 Å². The van der Waals surface area contributed by atoms with E-state index in [-0.39, 0.29) is 0 Å². The zero-order valence-corrected chi connectivity index (χ0v) is 9.32. The molecular weight excluding hydrogens is 226 g/mol. The summed E-state index contributed by atoms with van der Waals surface area (Å²) in [5, 5.41) is 11.0. The lowest BCUT2D eigenvalue weighted by molar-refractivity contribution is -0.131. The lowest BCUT2D eigenvalue weighted by Crippen LogP contribution is -1.85. The number of carboxylic acids is 1. The molecule has 16 heavy (non-hydrogen) atoms. The quantitative estimate of drug-likeness (QED) is 0.831. The van der Waals surface area contributed by atoms with Gasteiger partial charge >= 0.3 is 5.97 Å². The summed E-state index contributed by atoms with van der Waals surface area (Å²) in [5.41, 5.74) is 0.622. The van der Waals surface area contributed by atoms with Crippen LogP contribution in [0, 0.1) is 6.92 Å². The van der Waals surface area contributed by atoms with Crippen molar-refractivity contribution in [3.63, 3.8) is 0 Å². The van der Waals surface area contributed by atoms with Crippen LogP contribution in [0.4, 0.5) is 0 Å². The van der Waals surface area contributed by atoms with Gasteiger partial charge in [0.2, 0.25) is 0 Å². The molecule has 82 valence electrons. The van der Waals surface area contributed by atoms with E-state index in [1.54, 1.807) is 5.38 Å². The summed E-state index contributed by atoms with van der Waals surface area (Å²) in [4.78, 5) is 14.6. The van der Waals surface area contributed by atoms with E-state index >= 15 is 0 Å². The topological polar surface area (TPSA) is 63.3 Å². The number of aryl methyl sites for hydroxylation is 1. The molecule has 2 aromatic rings. The maximum absolute atomic E-state index is 10.3. The van der Waals surface area contributed by atoms with Crippen molar-refractivity contribution < 1.29 is 14.3 Å². The summed E-state index contributed by atoms with van der Waals surface area (Å²) in [7, 11) is 0. The second-order valence-corrected chi connectivity index (χ2v) is 4.02. The molecule has 0 spiro atoms. The van der Waals surface area contributed by atoms with E-state index in [2.05, 4.69) is 4.98 Å². The van der Waals surface area contributed by atoms with E-state index in [4.69, 9.17) is 9.52 Å². The monoisotopic (exact) mass is 235 g/mol. The Morgan fingerprint density at radius 3 is 3.00 bits per heavy atom. The van der Waals surface area contributed by atoms with Crippen molar-refractivity contribution in [1.82, 2.24) is 4.98 Å². The summed E-state index contributed by atoms with van der Waals surface area (Å²) in [6, 6.07) is 3.71. The van der Waals surface area contributed by atoms with Crippen LogP contribution in [-0.4, -0.2) is 16.1 Å². The van der Waals surface area contributed by atoms with E-state index in [1.807, 2.05) is 19.1 Å². The van der Waals surface area contributed by atoms with E-state index in [0.717, 1.165) is 16.8 Å². The van der Waals surface area contributed by atoms with E-state index < -0.39 is 5.97 Å². The van der Waals surface area contributed by atoms with Gasteiger partial charge in [-0.1, -0.05) is 0 Å². The van der Waals surface area contributed by atoms with Crippen LogP contribution in [0.15, 0.2) is 28.0 Å². The third-order valence-corrected chi connectivity index (χ3v) is 2.74. The zero-order chi connectivity index (χ0) is 11.5. The van der Waals surface area contributed by atoms with Crippen molar-refractivity contribution in [2.24, 2.45) is 0 Å². The molecule has 0 saturated carbocycles. The number of furan rings is 1. The molecule has 2 heterocycles. The van der Waals surface area contributed by atoms with Crippen LogP contribution in [0.5, 0.6) is 0 Å². The molecule has 2 rings (SSSR count). The molecule has 0 radical (unpaired) electrons. The van der Waals surface area contributed by atoms with Crippen LogP contribution in [0.3, 0.4) is 0 Å². The fraction of sp³-hybridized carbons (Fsp3) is 0.0909. The Labute approximate surface area is 95.9 Å². The van der Waals surface area contributed by atoms with Gasteiger partial charge < -0.3 is 9.52 Å². The van der Waals surface area contributed by atoms with Crippen molar-refractivity contribution in [2.75, 3.05) is 0 Å². The summed E-state index contributed by atoms with van der Waals surface area (Å²) in [5.74, 6) is 0.550. The molecule has 0 atom stereocenters. The van der Waals surface area contributed by atoms with Crippen molar-refractivity contribution in [3.05, 3.63) is 35.0 Å². The van der Waals surface area contributed by atoms with Crippen molar-refractivity contribution in [2.45, 2.75) is 6.92 Å². The van der Waals surface area contributed by atoms with Gasteiger partial charge in [-0.2, -0.15) is 0 Å².